The zero-order valence-electron chi connectivity index (χ0n) is 12.2. The lowest BCUT2D eigenvalue weighted by atomic mass is 10.1. The molecule has 0 fully saturated rings. The summed E-state index contributed by atoms with van der Waals surface area (Å²) in [6.07, 6.45) is 0. The van der Waals surface area contributed by atoms with Gasteiger partial charge in [-0.25, -0.2) is 0 Å². The Hall–Kier alpha value is -2.40. The molecule has 6 heteroatoms. The summed E-state index contributed by atoms with van der Waals surface area (Å²) in [5.74, 6) is -0.161. The van der Waals surface area contributed by atoms with Gasteiger partial charge in [0.25, 0.3) is 11.6 Å². The summed E-state index contributed by atoms with van der Waals surface area (Å²) in [5.41, 5.74) is 2.06. The van der Waals surface area contributed by atoms with Crippen LogP contribution in [0, 0.1) is 17.0 Å². The van der Waals surface area contributed by atoms with E-state index < -0.39 is 4.92 Å². The van der Waals surface area contributed by atoms with Crippen molar-refractivity contribution in [3.8, 4) is 0 Å². The van der Waals surface area contributed by atoms with Gasteiger partial charge in [0.2, 0.25) is 0 Å². The Balaban J connectivity index is 2.21. The predicted octanol–water partition coefficient (Wildman–Crippen LogP) is 3.83. The number of nitro groups is 1. The van der Waals surface area contributed by atoms with E-state index in [0.717, 1.165) is 5.56 Å². The summed E-state index contributed by atoms with van der Waals surface area (Å²) in [6, 6.07) is 11.5. The molecular formula is C16H15ClN2O3. The molecule has 0 N–H and O–H groups in total. The summed E-state index contributed by atoms with van der Waals surface area (Å²) < 4.78 is 0. The average Bonchev–Trinajstić information content (AvgIpc) is 2.48. The number of rotatable bonds is 4. The van der Waals surface area contributed by atoms with Crippen molar-refractivity contribution in [1.29, 1.82) is 0 Å². The first kappa shape index (κ1) is 16.0. The fraction of sp³-hybridized carbons (Fsp3) is 0.188. The van der Waals surface area contributed by atoms with Gasteiger partial charge in [-0.05, 0) is 30.7 Å². The molecule has 114 valence electrons. The van der Waals surface area contributed by atoms with Crippen molar-refractivity contribution >= 4 is 23.2 Å². The van der Waals surface area contributed by atoms with Crippen LogP contribution in [-0.2, 0) is 6.54 Å². The summed E-state index contributed by atoms with van der Waals surface area (Å²) in [7, 11) is 1.64. The number of non-ortho nitro benzene ring substituents is 1. The second kappa shape index (κ2) is 6.58. The number of hydrogen-bond donors (Lipinski definition) is 0. The topological polar surface area (TPSA) is 63.5 Å². The Morgan fingerprint density at radius 2 is 2.00 bits per heavy atom. The van der Waals surface area contributed by atoms with Crippen LogP contribution in [0.1, 0.15) is 21.5 Å². The highest BCUT2D eigenvalue weighted by Crippen LogP contribution is 2.23. The molecular weight excluding hydrogens is 304 g/mol. The minimum atomic E-state index is -0.484. The number of nitro benzene ring substituents is 1. The second-order valence-electron chi connectivity index (χ2n) is 5.06. The molecule has 0 radical (unpaired) electrons. The standard InChI is InChI=1S/C16H15ClN2O3/c1-11-4-3-5-12(8-11)16(20)18(2)10-13-9-14(19(21)22)6-7-15(13)17/h3-9H,10H2,1-2H3. The maximum atomic E-state index is 12.4. The quantitative estimate of drug-likeness (QED) is 0.635. The second-order valence-corrected chi connectivity index (χ2v) is 5.47. The molecule has 22 heavy (non-hydrogen) atoms. The normalized spacial score (nSPS) is 10.3. The lowest BCUT2D eigenvalue weighted by Crippen LogP contribution is -2.26. The van der Waals surface area contributed by atoms with Gasteiger partial charge in [0, 0.05) is 36.3 Å². The molecule has 0 bridgehead atoms. The van der Waals surface area contributed by atoms with Gasteiger partial charge in [-0.15, -0.1) is 0 Å². The number of carbonyl (C=O) groups is 1. The largest absolute Gasteiger partial charge is 0.337 e. The number of halogens is 1. The molecule has 0 saturated heterocycles. The molecule has 0 spiro atoms. The molecule has 0 atom stereocenters. The Kier molecular flexibility index (Phi) is 4.78. The summed E-state index contributed by atoms with van der Waals surface area (Å²) in [6.45, 7) is 2.11. The van der Waals surface area contributed by atoms with Crippen LogP contribution < -0.4 is 0 Å². The van der Waals surface area contributed by atoms with Crippen LogP contribution >= 0.6 is 11.6 Å². The van der Waals surface area contributed by atoms with Gasteiger partial charge in [-0.2, -0.15) is 0 Å². The van der Waals surface area contributed by atoms with Crippen molar-refractivity contribution in [2.75, 3.05) is 7.05 Å². The van der Waals surface area contributed by atoms with E-state index >= 15 is 0 Å². The molecule has 0 aromatic heterocycles. The van der Waals surface area contributed by atoms with Crippen molar-refractivity contribution in [2.45, 2.75) is 13.5 Å². The number of amides is 1. The van der Waals surface area contributed by atoms with Crippen LogP contribution in [0.2, 0.25) is 5.02 Å². The first-order chi connectivity index (χ1) is 10.4. The number of nitrogens with zero attached hydrogens (tertiary/aromatic N) is 2. The third kappa shape index (κ3) is 3.62. The van der Waals surface area contributed by atoms with Crippen LogP contribution in [0.5, 0.6) is 0 Å². The van der Waals surface area contributed by atoms with Crippen molar-refractivity contribution in [1.82, 2.24) is 4.90 Å². The summed E-state index contributed by atoms with van der Waals surface area (Å²) in [4.78, 5) is 24.2. The predicted molar refractivity (Wildman–Crippen MR) is 85.1 cm³/mol. The van der Waals surface area contributed by atoms with Crippen molar-refractivity contribution in [3.05, 3.63) is 74.3 Å². The van der Waals surface area contributed by atoms with E-state index in [1.54, 1.807) is 19.2 Å². The van der Waals surface area contributed by atoms with Crippen molar-refractivity contribution in [3.63, 3.8) is 0 Å². The van der Waals surface area contributed by atoms with Gasteiger partial charge in [-0.3, -0.25) is 14.9 Å². The Morgan fingerprint density at radius 1 is 1.27 bits per heavy atom. The van der Waals surface area contributed by atoms with Crippen LogP contribution in [0.4, 0.5) is 5.69 Å². The lowest BCUT2D eigenvalue weighted by Gasteiger charge is -2.18. The summed E-state index contributed by atoms with van der Waals surface area (Å²) >= 11 is 6.06. The molecule has 0 aliphatic heterocycles. The first-order valence-electron chi connectivity index (χ1n) is 6.63. The van der Waals surface area contributed by atoms with Gasteiger partial charge in [-0.1, -0.05) is 29.3 Å². The van der Waals surface area contributed by atoms with Gasteiger partial charge in [0.15, 0.2) is 0 Å². The molecule has 0 aliphatic carbocycles. The average molecular weight is 319 g/mol. The van der Waals surface area contributed by atoms with Gasteiger partial charge in [0.1, 0.15) is 0 Å². The minimum absolute atomic E-state index is 0.0456. The van der Waals surface area contributed by atoms with Crippen LogP contribution in [0.3, 0.4) is 0 Å². The van der Waals surface area contributed by atoms with Crippen molar-refractivity contribution in [2.24, 2.45) is 0 Å². The minimum Gasteiger partial charge on any atom is -0.337 e. The third-order valence-corrected chi connectivity index (χ3v) is 3.63. The number of aryl methyl sites for hydroxylation is 1. The molecule has 1 amide bonds. The highest BCUT2D eigenvalue weighted by molar-refractivity contribution is 6.31. The molecule has 2 aromatic rings. The van der Waals surface area contributed by atoms with E-state index in [1.807, 2.05) is 19.1 Å². The SMILES string of the molecule is Cc1cccc(C(=O)N(C)Cc2cc([N+](=O)[O-])ccc2Cl)c1. The van der Waals surface area contributed by atoms with Crippen LogP contribution in [0.25, 0.3) is 0 Å². The number of hydrogen-bond acceptors (Lipinski definition) is 3. The van der Waals surface area contributed by atoms with Crippen LogP contribution in [0.15, 0.2) is 42.5 Å². The Labute approximate surface area is 133 Å². The Bertz CT molecular complexity index is 731. The summed E-state index contributed by atoms with van der Waals surface area (Å²) in [5, 5.41) is 11.2. The zero-order valence-corrected chi connectivity index (χ0v) is 13.0. The smallest absolute Gasteiger partial charge is 0.269 e. The van der Waals surface area contributed by atoms with E-state index in [4.69, 9.17) is 11.6 Å². The number of carbonyl (C=O) groups excluding carboxylic acids is 1. The lowest BCUT2D eigenvalue weighted by molar-refractivity contribution is -0.384. The molecule has 2 rings (SSSR count). The maximum Gasteiger partial charge on any atom is 0.269 e. The van der Waals surface area contributed by atoms with Gasteiger partial charge < -0.3 is 4.90 Å². The third-order valence-electron chi connectivity index (χ3n) is 3.26. The van der Waals surface area contributed by atoms with E-state index in [0.29, 0.717) is 16.1 Å². The highest BCUT2D eigenvalue weighted by Gasteiger charge is 2.16. The molecule has 0 aliphatic rings. The molecule has 0 unspecified atom stereocenters. The Morgan fingerprint density at radius 3 is 2.64 bits per heavy atom. The maximum absolute atomic E-state index is 12.4. The fourth-order valence-electron chi connectivity index (χ4n) is 2.12. The van der Waals surface area contributed by atoms with Crippen molar-refractivity contribution < 1.29 is 9.72 Å². The van der Waals surface area contributed by atoms with E-state index in [2.05, 4.69) is 0 Å². The fourth-order valence-corrected chi connectivity index (χ4v) is 2.30. The number of benzene rings is 2. The molecule has 5 nitrogen and oxygen atoms in total. The monoisotopic (exact) mass is 318 g/mol. The highest BCUT2D eigenvalue weighted by atomic mass is 35.5. The van der Waals surface area contributed by atoms with E-state index in [9.17, 15) is 14.9 Å². The molecule has 2 aromatic carbocycles. The van der Waals surface area contributed by atoms with Gasteiger partial charge >= 0.3 is 0 Å². The zero-order chi connectivity index (χ0) is 16.3. The van der Waals surface area contributed by atoms with E-state index in [-0.39, 0.29) is 18.1 Å². The molecule has 0 saturated carbocycles. The molecule has 0 heterocycles. The first-order valence-corrected chi connectivity index (χ1v) is 7.01. The van der Waals surface area contributed by atoms with Gasteiger partial charge in [0.05, 0.1) is 4.92 Å². The van der Waals surface area contributed by atoms with E-state index in [1.165, 1.54) is 23.1 Å². The van der Waals surface area contributed by atoms with Crippen LogP contribution in [-0.4, -0.2) is 22.8 Å².